The van der Waals surface area contributed by atoms with Crippen LogP contribution in [0.25, 0.3) is 0 Å². The van der Waals surface area contributed by atoms with Crippen LogP contribution in [0.1, 0.15) is 23.7 Å². The molecule has 0 atom stereocenters. The largest absolute Gasteiger partial charge is 0.493 e. The second kappa shape index (κ2) is 5.27. The minimum Gasteiger partial charge on any atom is -0.493 e. The summed E-state index contributed by atoms with van der Waals surface area (Å²) >= 11 is 0. The smallest absolute Gasteiger partial charge is 0.255 e. The van der Waals surface area contributed by atoms with Crippen molar-refractivity contribution < 1.29 is 9.53 Å². The zero-order valence-electron chi connectivity index (χ0n) is 8.25. The van der Waals surface area contributed by atoms with Crippen molar-refractivity contribution in [2.24, 2.45) is 0 Å². The predicted molar refractivity (Wildman–Crippen MR) is 55.1 cm³/mol. The Morgan fingerprint density at radius 2 is 2.21 bits per heavy atom. The van der Waals surface area contributed by atoms with Crippen molar-refractivity contribution >= 4 is 5.91 Å². The lowest BCUT2D eigenvalue weighted by Gasteiger charge is -2.08. The number of nitrogens with one attached hydrogen (secondary N) is 1. The summed E-state index contributed by atoms with van der Waals surface area (Å²) < 4.78 is 5.42. The van der Waals surface area contributed by atoms with E-state index >= 15 is 0 Å². The Bertz CT molecular complexity index is 310. The lowest BCUT2D eigenvalue weighted by Crippen LogP contribution is -2.16. The SMILES string of the molecule is [CH2]NC(=O)c1ccccc1OCCC. The highest BCUT2D eigenvalue weighted by atomic mass is 16.5. The first kappa shape index (κ1) is 10.6. The van der Waals surface area contributed by atoms with Crippen molar-refractivity contribution in [1.82, 2.24) is 5.32 Å². The number of hydrogen-bond acceptors (Lipinski definition) is 2. The molecular formula is C11H14NO2. The maximum absolute atomic E-state index is 11.3. The molecule has 1 rings (SSSR count). The van der Waals surface area contributed by atoms with Crippen LogP contribution >= 0.6 is 0 Å². The molecule has 1 aromatic carbocycles. The summed E-state index contributed by atoms with van der Waals surface area (Å²) in [6, 6.07) is 7.12. The van der Waals surface area contributed by atoms with E-state index in [0.29, 0.717) is 17.9 Å². The van der Waals surface area contributed by atoms with Crippen LogP contribution in [0.5, 0.6) is 5.75 Å². The molecular weight excluding hydrogens is 178 g/mol. The summed E-state index contributed by atoms with van der Waals surface area (Å²) in [4.78, 5) is 11.3. The van der Waals surface area contributed by atoms with Gasteiger partial charge in [0, 0.05) is 7.05 Å². The number of amides is 1. The Hall–Kier alpha value is -1.51. The fraction of sp³-hybridized carbons (Fsp3) is 0.273. The van der Waals surface area contributed by atoms with E-state index in [9.17, 15) is 4.79 Å². The highest BCUT2D eigenvalue weighted by molar-refractivity contribution is 5.96. The molecule has 0 unspecified atom stereocenters. The molecule has 0 aromatic heterocycles. The van der Waals surface area contributed by atoms with Crippen molar-refractivity contribution in [3.63, 3.8) is 0 Å². The standard InChI is InChI=1S/C11H14NO2/c1-3-8-14-10-7-5-4-6-9(10)11(13)12-2/h4-7H,2-3,8H2,1H3,(H,12,13). The summed E-state index contributed by atoms with van der Waals surface area (Å²) in [6.45, 7) is 2.63. The van der Waals surface area contributed by atoms with Gasteiger partial charge >= 0.3 is 0 Å². The normalized spacial score (nSPS) is 9.57. The molecule has 1 N–H and O–H groups in total. The highest BCUT2D eigenvalue weighted by Crippen LogP contribution is 2.17. The summed E-state index contributed by atoms with van der Waals surface area (Å²) in [6.07, 6.45) is 0.917. The van der Waals surface area contributed by atoms with E-state index < -0.39 is 0 Å². The number of carbonyl (C=O) groups is 1. The second-order valence-corrected chi connectivity index (χ2v) is 2.85. The minimum absolute atomic E-state index is 0.225. The zero-order valence-corrected chi connectivity index (χ0v) is 8.25. The maximum atomic E-state index is 11.3. The minimum atomic E-state index is -0.225. The number of benzene rings is 1. The predicted octanol–water partition coefficient (Wildman–Crippen LogP) is 2.00. The summed E-state index contributed by atoms with van der Waals surface area (Å²) in [5, 5.41) is 2.33. The Morgan fingerprint density at radius 3 is 2.86 bits per heavy atom. The molecule has 75 valence electrons. The molecule has 0 bridgehead atoms. The summed E-state index contributed by atoms with van der Waals surface area (Å²) in [7, 11) is 3.33. The zero-order chi connectivity index (χ0) is 10.4. The third-order valence-electron chi connectivity index (χ3n) is 1.75. The van der Waals surface area contributed by atoms with Crippen LogP contribution in [0.2, 0.25) is 0 Å². The molecule has 0 aliphatic heterocycles. The molecule has 0 aliphatic rings. The Morgan fingerprint density at radius 1 is 1.50 bits per heavy atom. The Labute approximate surface area is 84.1 Å². The maximum Gasteiger partial charge on any atom is 0.255 e. The Kier molecular flexibility index (Phi) is 3.98. The van der Waals surface area contributed by atoms with Gasteiger partial charge in [-0.2, -0.15) is 0 Å². The van der Waals surface area contributed by atoms with E-state index in [1.807, 2.05) is 13.0 Å². The van der Waals surface area contributed by atoms with Gasteiger partial charge < -0.3 is 10.1 Å². The number of carbonyl (C=O) groups excluding carboxylic acids is 1. The molecule has 0 spiro atoms. The van der Waals surface area contributed by atoms with E-state index in [-0.39, 0.29) is 5.91 Å². The molecule has 3 heteroatoms. The van der Waals surface area contributed by atoms with Crippen molar-refractivity contribution in [2.75, 3.05) is 6.61 Å². The lowest BCUT2D eigenvalue weighted by molar-refractivity contribution is 0.0965. The molecule has 0 saturated carbocycles. The van der Waals surface area contributed by atoms with Crippen LogP contribution in [0, 0.1) is 7.05 Å². The van der Waals surface area contributed by atoms with E-state index in [1.165, 1.54) is 0 Å². The first-order valence-electron chi connectivity index (χ1n) is 4.58. The summed E-state index contributed by atoms with van der Waals surface area (Å²) in [5.74, 6) is 0.382. The first-order valence-corrected chi connectivity index (χ1v) is 4.58. The van der Waals surface area contributed by atoms with Crippen LogP contribution in [0.15, 0.2) is 24.3 Å². The van der Waals surface area contributed by atoms with Gasteiger partial charge in [0.1, 0.15) is 5.75 Å². The lowest BCUT2D eigenvalue weighted by atomic mass is 10.2. The molecule has 0 aliphatic carbocycles. The van der Waals surface area contributed by atoms with E-state index in [4.69, 9.17) is 4.74 Å². The van der Waals surface area contributed by atoms with Gasteiger partial charge in [-0.3, -0.25) is 4.79 Å². The highest BCUT2D eigenvalue weighted by Gasteiger charge is 2.09. The van der Waals surface area contributed by atoms with Crippen LogP contribution in [-0.4, -0.2) is 12.5 Å². The van der Waals surface area contributed by atoms with Crippen LogP contribution in [0.3, 0.4) is 0 Å². The second-order valence-electron chi connectivity index (χ2n) is 2.85. The van der Waals surface area contributed by atoms with Gasteiger partial charge in [0.05, 0.1) is 12.2 Å². The van der Waals surface area contributed by atoms with Crippen LogP contribution in [-0.2, 0) is 0 Å². The van der Waals surface area contributed by atoms with Gasteiger partial charge in [-0.25, -0.2) is 0 Å². The van der Waals surface area contributed by atoms with Gasteiger partial charge in [0.15, 0.2) is 0 Å². The van der Waals surface area contributed by atoms with Crippen molar-refractivity contribution in [3.8, 4) is 5.75 Å². The van der Waals surface area contributed by atoms with Crippen molar-refractivity contribution in [3.05, 3.63) is 36.9 Å². The third-order valence-corrected chi connectivity index (χ3v) is 1.75. The van der Waals surface area contributed by atoms with E-state index in [1.54, 1.807) is 18.2 Å². The molecule has 1 aromatic rings. The first-order chi connectivity index (χ1) is 6.79. The molecule has 0 heterocycles. The molecule has 14 heavy (non-hydrogen) atoms. The van der Waals surface area contributed by atoms with Gasteiger partial charge in [0.25, 0.3) is 5.91 Å². The molecule has 1 radical (unpaired) electrons. The fourth-order valence-corrected chi connectivity index (χ4v) is 1.09. The van der Waals surface area contributed by atoms with Gasteiger partial charge in [-0.1, -0.05) is 19.1 Å². The molecule has 0 saturated heterocycles. The topological polar surface area (TPSA) is 38.3 Å². The molecule has 0 fully saturated rings. The van der Waals surface area contributed by atoms with Gasteiger partial charge in [-0.15, -0.1) is 0 Å². The van der Waals surface area contributed by atoms with Gasteiger partial charge in [0.2, 0.25) is 0 Å². The average molecular weight is 192 g/mol. The van der Waals surface area contributed by atoms with Crippen molar-refractivity contribution in [2.45, 2.75) is 13.3 Å². The van der Waals surface area contributed by atoms with E-state index in [0.717, 1.165) is 6.42 Å². The quantitative estimate of drug-likeness (QED) is 0.792. The number of rotatable bonds is 4. The molecule has 3 nitrogen and oxygen atoms in total. The number of ether oxygens (including phenoxy) is 1. The van der Waals surface area contributed by atoms with Crippen LogP contribution in [0.4, 0.5) is 0 Å². The summed E-state index contributed by atoms with van der Waals surface area (Å²) in [5.41, 5.74) is 0.524. The number of para-hydroxylation sites is 1. The monoisotopic (exact) mass is 192 g/mol. The Balaban J connectivity index is 2.85. The van der Waals surface area contributed by atoms with Gasteiger partial charge in [-0.05, 0) is 18.6 Å². The fourth-order valence-electron chi connectivity index (χ4n) is 1.09. The third kappa shape index (κ3) is 2.49. The molecule has 1 amide bonds. The average Bonchev–Trinajstić information content (AvgIpc) is 2.25. The number of hydrogen-bond donors (Lipinski definition) is 1. The van der Waals surface area contributed by atoms with Crippen LogP contribution < -0.4 is 10.1 Å². The van der Waals surface area contributed by atoms with E-state index in [2.05, 4.69) is 12.4 Å². The van der Waals surface area contributed by atoms with Crippen molar-refractivity contribution in [1.29, 1.82) is 0 Å².